The summed E-state index contributed by atoms with van der Waals surface area (Å²) in [6.07, 6.45) is 3.73. The van der Waals surface area contributed by atoms with Crippen molar-refractivity contribution >= 4 is 27.2 Å². The summed E-state index contributed by atoms with van der Waals surface area (Å²) in [5.74, 6) is -1.21. The highest BCUT2D eigenvalue weighted by Gasteiger charge is 2.26. The summed E-state index contributed by atoms with van der Waals surface area (Å²) in [7, 11) is 0. The van der Waals surface area contributed by atoms with Crippen LogP contribution in [0.5, 0.6) is 0 Å². The second kappa shape index (κ2) is 6.73. The number of nitrogens with zero attached hydrogens (tertiary/aromatic N) is 1. The first-order valence-electron chi connectivity index (χ1n) is 7.62. The maximum absolute atomic E-state index is 14.6. The zero-order valence-electron chi connectivity index (χ0n) is 13.2. The van der Waals surface area contributed by atoms with Crippen molar-refractivity contribution in [1.29, 1.82) is 0 Å². The number of halogens is 3. The lowest BCUT2D eigenvalue weighted by Gasteiger charge is -2.32. The minimum Gasteiger partial charge on any atom is -0.341 e. The Hall–Kier alpha value is -2.20. The standard InChI is InChI=1S/C20H16BrF2N/c1-3-24-13(2)9-10-16(14-7-5-4-6-8-14)20(24)19-17(22)11-15(21)12-18(19)23/h4-12H,2-3H2,1H3. The summed E-state index contributed by atoms with van der Waals surface area (Å²) in [5.41, 5.74) is 2.83. The molecule has 1 aliphatic heterocycles. The van der Waals surface area contributed by atoms with Crippen LogP contribution in [0.2, 0.25) is 0 Å². The number of likely N-dealkylation sites (N-methyl/N-ethyl adjacent to an activating group) is 1. The molecule has 2 aromatic carbocycles. The van der Waals surface area contributed by atoms with Gasteiger partial charge < -0.3 is 4.90 Å². The predicted molar refractivity (Wildman–Crippen MR) is 98.0 cm³/mol. The molecule has 3 rings (SSSR count). The number of benzene rings is 2. The molecule has 4 heteroatoms. The summed E-state index contributed by atoms with van der Waals surface area (Å²) in [4.78, 5) is 1.83. The van der Waals surface area contributed by atoms with E-state index in [1.165, 1.54) is 12.1 Å². The molecule has 0 fully saturated rings. The van der Waals surface area contributed by atoms with E-state index in [9.17, 15) is 8.78 Å². The number of allylic oxidation sites excluding steroid dienone is 3. The summed E-state index contributed by atoms with van der Waals surface area (Å²) < 4.78 is 29.6. The molecule has 0 saturated carbocycles. The molecule has 0 unspecified atom stereocenters. The molecule has 0 aliphatic carbocycles. The number of rotatable bonds is 3. The van der Waals surface area contributed by atoms with Crippen LogP contribution in [0.4, 0.5) is 8.78 Å². The van der Waals surface area contributed by atoms with Crippen molar-refractivity contribution in [2.75, 3.05) is 6.54 Å². The molecule has 1 heterocycles. The van der Waals surface area contributed by atoms with Crippen LogP contribution < -0.4 is 0 Å². The van der Waals surface area contributed by atoms with Crippen LogP contribution in [0.25, 0.3) is 11.3 Å². The van der Waals surface area contributed by atoms with Crippen LogP contribution in [0.3, 0.4) is 0 Å². The Kier molecular flexibility index (Phi) is 4.67. The Morgan fingerprint density at radius 2 is 1.67 bits per heavy atom. The van der Waals surface area contributed by atoms with Crippen molar-refractivity contribution < 1.29 is 8.78 Å². The Balaban J connectivity index is 2.34. The molecule has 122 valence electrons. The Morgan fingerprint density at radius 1 is 1.04 bits per heavy atom. The van der Waals surface area contributed by atoms with Gasteiger partial charge in [-0.15, -0.1) is 0 Å². The summed E-state index contributed by atoms with van der Waals surface area (Å²) in [5, 5.41) is 0. The van der Waals surface area contributed by atoms with Crippen molar-refractivity contribution in [3.8, 4) is 0 Å². The number of hydrogen-bond donors (Lipinski definition) is 0. The van der Waals surface area contributed by atoms with E-state index in [4.69, 9.17) is 0 Å². The van der Waals surface area contributed by atoms with Crippen LogP contribution in [-0.4, -0.2) is 11.4 Å². The quantitative estimate of drug-likeness (QED) is 0.623. The highest BCUT2D eigenvalue weighted by atomic mass is 79.9. The molecule has 0 atom stereocenters. The average molecular weight is 388 g/mol. The van der Waals surface area contributed by atoms with Gasteiger partial charge in [0.05, 0.1) is 11.3 Å². The summed E-state index contributed by atoms with van der Waals surface area (Å²) >= 11 is 3.13. The highest BCUT2D eigenvalue weighted by Crippen LogP contribution is 2.39. The van der Waals surface area contributed by atoms with Gasteiger partial charge in [-0.2, -0.15) is 0 Å². The molecule has 0 saturated heterocycles. The van der Waals surface area contributed by atoms with E-state index in [0.717, 1.165) is 11.1 Å². The first kappa shape index (κ1) is 16.7. The molecule has 1 aliphatic rings. The second-order valence-corrected chi connectivity index (χ2v) is 6.36. The van der Waals surface area contributed by atoms with Gasteiger partial charge in [0.15, 0.2) is 0 Å². The zero-order valence-corrected chi connectivity index (χ0v) is 14.8. The van der Waals surface area contributed by atoms with Crippen LogP contribution in [-0.2, 0) is 0 Å². The van der Waals surface area contributed by atoms with E-state index in [0.29, 0.717) is 22.4 Å². The summed E-state index contributed by atoms with van der Waals surface area (Å²) in [6.45, 7) is 6.49. The fraction of sp³-hybridized carbons (Fsp3) is 0.100. The molecule has 2 aromatic rings. The van der Waals surface area contributed by atoms with Crippen LogP contribution in [0, 0.1) is 11.6 Å². The van der Waals surface area contributed by atoms with Gasteiger partial charge >= 0.3 is 0 Å². The lowest BCUT2D eigenvalue weighted by atomic mass is 9.94. The monoisotopic (exact) mass is 387 g/mol. The van der Waals surface area contributed by atoms with Crippen LogP contribution in [0.15, 0.2) is 71.4 Å². The molecule has 0 spiro atoms. The third kappa shape index (κ3) is 2.94. The van der Waals surface area contributed by atoms with Gasteiger partial charge in [-0.05, 0) is 30.7 Å². The average Bonchev–Trinajstić information content (AvgIpc) is 2.55. The van der Waals surface area contributed by atoms with E-state index in [2.05, 4.69) is 22.5 Å². The third-order valence-corrected chi connectivity index (χ3v) is 4.42. The maximum Gasteiger partial charge on any atom is 0.136 e. The largest absolute Gasteiger partial charge is 0.341 e. The van der Waals surface area contributed by atoms with Gasteiger partial charge in [-0.25, -0.2) is 8.78 Å². The third-order valence-electron chi connectivity index (χ3n) is 3.96. The van der Waals surface area contributed by atoms with E-state index >= 15 is 0 Å². The van der Waals surface area contributed by atoms with Crippen molar-refractivity contribution in [3.05, 3.63) is 94.1 Å². The van der Waals surface area contributed by atoms with Crippen molar-refractivity contribution in [2.24, 2.45) is 0 Å². The van der Waals surface area contributed by atoms with Gasteiger partial charge in [0.25, 0.3) is 0 Å². The SMILES string of the molecule is C=C1C=CC(c2ccccc2)=C(c2c(F)cc(Br)cc2F)N1CC. The molecule has 0 aromatic heterocycles. The number of hydrogen-bond acceptors (Lipinski definition) is 1. The first-order chi connectivity index (χ1) is 11.5. The topological polar surface area (TPSA) is 3.24 Å². The second-order valence-electron chi connectivity index (χ2n) is 5.44. The molecule has 0 N–H and O–H groups in total. The lowest BCUT2D eigenvalue weighted by Crippen LogP contribution is -2.24. The molecular formula is C20H16BrF2N. The van der Waals surface area contributed by atoms with Crippen molar-refractivity contribution in [2.45, 2.75) is 6.92 Å². The van der Waals surface area contributed by atoms with Gasteiger partial charge in [-0.3, -0.25) is 0 Å². The normalized spacial score (nSPS) is 14.5. The van der Waals surface area contributed by atoms with E-state index in [1.807, 2.05) is 54.3 Å². The van der Waals surface area contributed by atoms with Crippen LogP contribution >= 0.6 is 15.9 Å². The first-order valence-corrected chi connectivity index (χ1v) is 8.41. The van der Waals surface area contributed by atoms with Crippen LogP contribution in [0.1, 0.15) is 18.1 Å². The molecular weight excluding hydrogens is 372 g/mol. The lowest BCUT2D eigenvalue weighted by molar-refractivity contribution is 0.510. The molecule has 1 nitrogen and oxygen atoms in total. The predicted octanol–water partition coefficient (Wildman–Crippen LogP) is 6.00. The Bertz CT molecular complexity index is 830. The molecule has 0 radical (unpaired) electrons. The summed E-state index contributed by atoms with van der Waals surface area (Å²) in [6, 6.07) is 12.1. The van der Waals surface area contributed by atoms with Gasteiger partial charge in [0, 0.05) is 22.3 Å². The van der Waals surface area contributed by atoms with Crippen molar-refractivity contribution in [1.82, 2.24) is 4.90 Å². The maximum atomic E-state index is 14.6. The molecule has 0 amide bonds. The smallest absolute Gasteiger partial charge is 0.136 e. The van der Waals surface area contributed by atoms with Gasteiger partial charge in [0.2, 0.25) is 0 Å². The van der Waals surface area contributed by atoms with Gasteiger partial charge in [0.1, 0.15) is 11.6 Å². The zero-order chi connectivity index (χ0) is 17.3. The molecule has 24 heavy (non-hydrogen) atoms. The van der Waals surface area contributed by atoms with Crippen molar-refractivity contribution in [3.63, 3.8) is 0 Å². The van der Waals surface area contributed by atoms with E-state index in [1.54, 1.807) is 0 Å². The van der Waals surface area contributed by atoms with E-state index in [-0.39, 0.29) is 5.56 Å². The molecule has 0 bridgehead atoms. The fourth-order valence-corrected chi connectivity index (χ4v) is 3.29. The van der Waals surface area contributed by atoms with E-state index < -0.39 is 11.6 Å². The Labute approximate surface area is 148 Å². The fourth-order valence-electron chi connectivity index (χ4n) is 2.89. The highest BCUT2D eigenvalue weighted by molar-refractivity contribution is 9.10. The minimum atomic E-state index is -0.605. The minimum absolute atomic E-state index is 0.0376. The Morgan fingerprint density at radius 3 is 2.25 bits per heavy atom. The van der Waals surface area contributed by atoms with Gasteiger partial charge in [-0.1, -0.05) is 58.9 Å².